The van der Waals surface area contributed by atoms with Crippen LogP contribution >= 0.6 is 15.9 Å². The van der Waals surface area contributed by atoms with Crippen LogP contribution in [0, 0.1) is 5.82 Å². The summed E-state index contributed by atoms with van der Waals surface area (Å²) < 4.78 is 14.2. The summed E-state index contributed by atoms with van der Waals surface area (Å²) in [5.74, 6) is -2.18. The molecule has 0 amide bonds. The van der Waals surface area contributed by atoms with Crippen LogP contribution in [0.1, 0.15) is 26.3 Å². The molecular formula is C14H8BrFO3. The molecule has 0 bridgehead atoms. The molecule has 0 aliphatic heterocycles. The first kappa shape index (κ1) is 13.4. The summed E-state index contributed by atoms with van der Waals surface area (Å²) in [6.45, 7) is 0. The molecule has 0 aliphatic carbocycles. The van der Waals surface area contributed by atoms with Crippen molar-refractivity contribution in [3.63, 3.8) is 0 Å². The van der Waals surface area contributed by atoms with Crippen molar-refractivity contribution in [1.29, 1.82) is 0 Å². The van der Waals surface area contributed by atoms with Gasteiger partial charge in [0.15, 0.2) is 5.78 Å². The first-order valence-electron chi connectivity index (χ1n) is 5.32. The SMILES string of the molecule is O=C(O)c1ccc(C(=O)c2cc(Br)ccc2F)cc1. The standard InChI is InChI=1S/C14H8BrFO3/c15-10-5-6-12(16)11(7-10)13(17)8-1-3-9(4-2-8)14(18)19/h1-7H,(H,18,19). The number of aromatic carboxylic acids is 1. The van der Waals surface area contributed by atoms with E-state index >= 15 is 0 Å². The Hall–Kier alpha value is -2.01. The zero-order chi connectivity index (χ0) is 14.0. The third-order valence-corrected chi connectivity index (χ3v) is 3.06. The number of carboxylic acids is 1. The maximum absolute atomic E-state index is 13.6. The van der Waals surface area contributed by atoms with Crippen LogP contribution in [0.4, 0.5) is 4.39 Å². The highest BCUT2D eigenvalue weighted by Gasteiger charge is 2.15. The molecule has 0 saturated heterocycles. The van der Waals surface area contributed by atoms with Gasteiger partial charge < -0.3 is 5.11 Å². The summed E-state index contributed by atoms with van der Waals surface area (Å²) in [5.41, 5.74) is 0.255. The number of carboxylic acid groups (broad SMARTS) is 1. The second kappa shape index (κ2) is 5.32. The lowest BCUT2D eigenvalue weighted by molar-refractivity contribution is 0.0696. The maximum Gasteiger partial charge on any atom is 0.335 e. The Bertz CT molecular complexity index is 650. The van der Waals surface area contributed by atoms with Crippen molar-refractivity contribution in [2.75, 3.05) is 0 Å². The highest BCUT2D eigenvalue weighted by molar-refractivity contribution is 9.10. The molecule has 1 N–H and O–H groups in total. The highest BCUT2D eigenvalue weighted by atomic mass is 79.9. The number of halogens is 2. The number of rotatable bonds is 3. The van der Waals surface area contributed by atoms with Crippen molar-refractivity contribution in [1.82, 2.24) is 0 Å². The second-order valence-electron chi connectivity index (χ2n) is 3.84. The molecule has 2 rings (SSSR count). The summed E-state index contributed by atoms with van der Waals surface area (Å²) >= 11 is 3.17. The van der Waals surface area contributed by atoms with Gasteiger partial charge in [-0.05, 0) is 30.3 Å². The van der Waals surface area contributed by atoms with E-state index in [9.17, 15) is 14.0 Å². The summed E-state index contributed by atoms with van der Waals surface area (Å²) in [5, 5.41) is 8.76. The summed E-state index contributed by atoms with van der Waals surface area (Å²) in [4.78, 5) is 22.8. The van der Waals surface area contributed by atoms with E-state index in [4.69, 9.17) is 5.11 Å². The molecule has 0 spiro atoms. The van der Waals surface area contributed by atoms with Gasteiger partial charge in [-0.1, -0.05) is 28.1 Å². The van der Waals surface area contributed by atoms with Gasteiger partial charge in [-0.2, -0.15) is 0 Å². The van der Waals surface area contributed by atoms with Crippen molar-refractivity contribution in [2.45, 2.75) is 0 Å². The second-order valence-corrected chi connectivity index (χ2v) is 4.75. The fraction of sp³-hybridized carbons (Fsp3) is 0. The highest BCUT2D eigenvalue weighted by Crippen LogP contribution is 2.19. The molecular weight excluding hydrogens is 315 g/mol. The molecule has 96 valence electrons. The smallest absolute Gasteiger partial charge is 0.335 e. The third kappa shape index (κ3) is 2.88. The first-order valence-corrected chi connectivity index (χ1v) is 6.11. The Morgan fingerprint density at radius 3 is 2.16 bits per heavy atom. The molecule has 2 aromatic rings. The van der Waals surface area contributed by atoms with Gasteiger partial charge >= 0.3 is 5.97 Å². The van der Waals surface area contributed by atoms with E-state index in [1.165, 1.54) is 42.5 Å². The summed E-state index contributed by atoms with van der Waals surface area (Å²) in [6, 6.07) is 9.44. The fourth-order valence-corrected chi connectivity index (χ4v) is 1.95. The molecule has 5 heteroatoms. The molecule has 0 aliphatic rings. The van der Waals surface area contributed by atoms with Gasteiger partial charge in [-0.15, -0.1) is 0 Å². The zero-order valence-corrected chi connectivity index (χ0v) is 11.1. The zero-order valence-electron chi connectivity index (χ0n) is 9.56. The van der Waals surface area contributed by atoms with Crippen LogP contribution in [0.3, 0.4) is 0 Å². The molecule has 0 saturated carbocycles. The van der Waals surface area contributed by atoms with E-state index in [1.807, 2.05) is 0 Å². The molecule has 19 heavy (non-hydrogen) atoms. The molecule has 0 radical (unpaired) electrons. The van der Waals surface area contributed by atoms with Gasteiger partial charge in [-0.25, -0.2) is 9.18 Å². The Kier molecular flexibility index (Phi) is 3.76. The van der Waals surface area contributed by atoms with Gasteiger partial charge in [0.1, 0.15) is 5.82 Å². The van der Waals surface area contributed by atoms with E-state index in [0.29, 0.717) is 4.47 Å². The fourth-order valence-electron chi connectivity index (χ4n) is 1.59. The van der Waals surface area contributed by atoms with Gasteiger partial charge in [0.05, 0.1) is 11.1 Å². The Labute approximate surface area is 116 Å². The van der Waals surface area contributed by atoms with Crippen LogP contribution in [0.2, 0.25) is 0 Å². The van der Waals surface area contributed by atoms with Crippen LogP contribution in [0.15, 0.2) is 46.9 Å². The lowest BCUT2D eigenvalue weighted by Crippen LogP contribution is -2.05. The predicted octanol–water partition coefficient (Wildman–Crippen LogP) is 3.52. The molecule has 0 unspecified atom stereocenters. The maximum atomic E-state index is 13.6. The van der Waals surface area contributed by atoms with Crippen LogP contribution in [0.25, 0.3) is 0 Å². The third-order valence-electron chi connectivity index (χ3n) is 2.57. The van der Waals surface area contributed by atoms with Crippen LogP contribution in [0.5, 0.6) is 0 Å². The van der Waals surface area contributed by atoms with Crippen molar-refractivity contribution >= 4 is 27.7 Å². The molecule has 0 heterocycles. The lowest BCUT2D eigenvalue weighted by Gasteiger charge is -2.04. The van der Waals surface area contributed by atoms with Gasteiger partial charge in [0, 0.05) is 10.0 Å². The number of carbonyl (C=O) groups excluding carboxylic acids is 1. The first-order chi connectivity index (χ1) is 8.99. The Morgan fingerprint density at radius 1 is 1.00 bits per heavy atom. The van der Waals surface area contributed by atoms with Crippen LogP contribution in [-0.4, -0.2) is 16.9 Å². The van der Waals surface area contributed by atoms with Crippen molar-refractivity contribution < 1.29 is 19.1 Å². The topological polar surface area (TPSA) is 54.4 Å². The summed E-state index contributed by atoms with van der Waals surface area (Å²) in [6.07, 6.45) is 0. The predicted molar refractivity (Wildman–Crippen MR) is 70.9 cm³/mol. The van der Waals surface area contributed by atoms with E-state index < -0.39 is 17.6 Å². The van der Waals surface area contributed by atoms with Crippen LogP contribution < -0.4 is 0 Å². The van der Waals surface area contributed by atoms with E-state index in [1.54, 1.807) is 0 Å². The number of hydrogen-bond donors (Lipinski definition) is 1. The van der Waals surface area contributed by atoms with Gasteiger partial charge in [0.25, 0.3) is 0 Å². The minimum Gasteiger partial charge on any atom is -0.478 e. The monoisotopic (exact) mass is 322 g/mol. The molecule has 0 aromatic heterocycles. The number of hydrogen-bond acceptors (Lipinski definition) is 2. The van der Waals surface area contributed by atoms with Gasteiger partial charge in [-0.3, -0.25) is 4.79 Å². The van der Waals surface area contributed by atoms with Gasteiger partial charge in [0.2, 0.25) is 0 Å². The van der Waals surface area contributed by atoms with Crippen LogP contribution in [-0.2, 0) is 0 Å². The average Bonchev–Trinajstić information content (AvgIpc) is 2.41. The Morgan fingerprint density at radius 2 is 1.58 bits per heavy atom. The average molecular weight is 323 g/mol. The van der Waals surface area contributed by atoms with E-state index in [-0.39, 0.29) is 16.7 Å². The number of ketones is 1. The lowest BCUT2D eigenvalue weighted by atomic mass is 10.0. The minimum absolute atomic E-state index is 0.0579. The van der Waals surface area contributed by atoms with Crippen molar-refractivity contribution in [2.24, 2.45) is 0 Å². The quantitative estimate of drug-likeness (QED) is 0.880. The normalized spacial score (nSPS) is 10.2. The minimum atomic E-state index is -1.08. The molecule has 0 fully saturated rings. The van der Waals surface area contributed by atoms with E-state index in [2.05, 4.69) is 15.9 Å². The summed E-state index contributed by atoms with van der Waals surface area (Å²) in [7, 11) is 0. The number of carbonyl (C=O) groups is 2. The van der Waals surface area contributed by atoms with Crippen molar-refractivity contribution in [3.05, 3.63) is 69.4 Å². The van der Waals surface area contributed by atoms with E-state index in [0.717, 1.165) is 0 Å². The molecule has 2 aromatic carbocycles. The Balaban J connectivity index is 2.38. The van der Waals surface area contributed by atoms with Crippen molar-refractivity contribution in [3.8, 4) is 0 Å². The number of benzene rings is 2. The largest absolute Gasteiger partial charge is 0.478 e. The molecule has 3 nitrogen and oxygen atoms in total. The molecule has 0 atom stereocenters.